The van der Waals surface area contributed by atoms with E-state index >= 15 is 0 Å². The summed E-state index contributed by atoms with van der Waals surface area (Å²) in [6.07, 6.45) is 0.796. The van der Waals surface area contributed by atoms with E-state index in [0.29, 0.717) is 35.4 Å². The monoisotopic (exact) mass is 403 g/mol. The SMILES string of the molecule is CC(=O)OC1=C(C2c3ccccc3C(=O)N2c2ccc(C)cc2)C(=O)CC(C)(C)C1. The van der Waals surface area contributed by atoms with Crippen molar-refractivity contribution in [3.63, 3.8) is 0 Å². The van der Waals surface area contributed by atoms with Gasteiger partial charge in [0, 0.05) is 31.0 Å². The van der Waals surface area contributed by atoms with Crippen LogP contribution in [0.3, 0.4) is 0 Å². The molecule has 5 nitrogen and oxygen atoms in total. The summed E-state index contributed by atoms with van der Waals surface area (Å²) in [6, 6.07) is 14.4. The minimum absolute atomic E-state index is 0.0888. The number of carbonyl (C=O) groups excluding carboxylic acids is 3. The van der Waals surface area contributed by atoms with Gasteiger partial charge in [-0.05, 0) is 36.1 Å². The number of fused-ring (bicyclic) bond motifs is 1. The Kier molecular flexibility index (Phi) is 4.85. The maximum atomic E-state index is 13.4. The molecule has 0 aromatic heterocycles. The largest absolute Gasteiger partial charge is 0.431 e. The fourth-order valence-electron chi connectivity index (χ4n) is 4.42. The number of hydrogen-bond donors (Lipinski definition) is 0. The fraction of sp³-hybridized carbons (Fsp3) is 0.320. The average Bonchev–Trinajstić information content (AvgIpc) is 2.94. The van der Waals surface area contributed by atoms with Gasteiger partial charge < -0.3 is 4.74 Å². The molecule has 1 aliphatic carbocycles. The minimum Gasteiger partial charge on any atom is -0.431 e. The summed E-state index contributed by atoms with van der Waals surface area (Å²) in [5.41, 5.74) is 3.20. The second-order valence-corrected chi connectivity index (χ2v) is 8.87. The van der Waals surface area contributed by atoms with E-state index in [-0.39, 0.29) is 17.1 Å². The van der Waals surface area contributed by atoms with Crippen molar-refractivity contribution in [2.75, 3.05) is 4.90 Å². The van der Waals surface area contributed by atoms with E-state index in [0.717, 1.165) is 11.1 Å². The molecule has 0 spiro atoms. The van der Waals surface area contributed by atoms with Crippen LogP contribution in [0.25, 0.3) is 0 Å². The molecule has 2 aliphatic rings. The quantitative estimate of drug-likeness (QED) is 0.684. The standard InChI is InChI=1S/C25H25NO4/c1-15-9-11-17(12-10-15)26-23(18-7-5-6-8-19(18)24(26)29)22-20(28)13-25(3,4)14-21(22)30-16(2)27/h5-12,23H,13-14H2,1-4H3. The Labute approximate surface area is 176 Å². The topological polar surface area (TPSA) is 63.7 Å². The first kappa shape index (κ1) is 20.1. The molecule has 2 aromatic carbocycles. The third-order valence-corrected chi connectivity index (χ3v) is 5.69. The highest BCUT2D eigenvalue weighted by Crippen LogP contribution is 2.48. The molecule has 1 heterocycles. The van der Waals surface area contributed by atoms with Gasteiger partial charge in [-0.25, -0.2) is 0 Å². The number of esters is 1. The number of hydrogen-bond acceptors (Lipinski definition) is 4. The van der Waals surface area contributed by atoms with Gasteiger partial charge in [0.15, 0.2) is 5.78 Å². The number of Topliss-reactive ketones (excluding diaryl/α,β-unsaturated/α-hetero) is 1. The minimum atomic E-state index is -0.616. The lowest BCUT2D eigenvalue weighted by molar-refractivity contribution is -0.138. The third kappa shape index (κ3) is 3.45. The number of ketones is 1. The number of amides is 1. The number of nitrogens with zero attached hydrogens (tertiary/aromatic N) is 1. The Bertz CT molecular complexity index is 1080. The summed E-state index contributed by atoms with van der Waals surface area (Å²) in [4.78, 5) is 40.2. The van der Waals surface area contributed by atoms with Gasteiger partial charge in [-0.15, -0.1) is 0 Å². The molecular formula is C25H25NO4. The Morgan fingerprint density at radius 3 is 2.37 bits per heavy atom. The van der Waals surface area contributed by atoms with Gasteiger partial charge in [0.1, 0.15) is 5.76 Å². The molecule has 0 saturated carbocycles. The van der Waals surface area contributed by atoms with Crippen LogP contribution in [0.5, 0.6) is 0 Å². The van der Waals surface area contributed by atoms with Crippen LogP contribution in [-0.2, 0) is 14.3 Å². The van der Waals surface area contributed by atoms with Crippen LogP contribution in [0.1, 0.15) is 61.1 Å². The van der Waals surface area contributed by atoms with Crippen molar-refractivity contribution in [3.05, 3.63) is 76.6 Å². The van der Waals surface area contributed by atoms with Crippen molar-refractivity contribution in [1.29, 1.82) is 0 Å². The summed E-state index contributed by atoms with van der Waals surface area (Å²) >= 11 is 0. The number of allylic oxidation sites excluding steroid dienone is 1. The second-order valence-electron chi connectivity index (χ2n) is 8.87. The molecule has 1 aliphatic heterocycles. The number of aryl methyl sites for hydroxylation is 1. The van der Waals surface area contributed by atoms with Crippen LogP contribution >= 0.6 is 0 Å². The van der Waals surface area contributed by atoms with Crippen molar-refractivity contribution in [2.24, 2.45) is 5.41 Å². The maximum Gasteiger partial charge on any atom is 0.307 e. The Morgan fingerprint density at radius 1 is 1.03 bits per heavy atom. The Balaban J connectivity index is 1.94. The second kappa shape index (κ2) is 7.24. The summed E-state index contributed by atoms with van der Waals surface area (Å²) < 4.78 is 5.56. The van der Waals surface area contributed by atoms with E-state index in [1.165, 1.54) is 6.92 Å². The lowest BCUT2D eigenvalue weighted by Gasteiger charge is -2.35. The molecule has 2 aromatic rings. The van der Waals surface area contributed by atoms with Crippen molar-refractivity contribution in [2.45, 2.75) is 46.6 Å². The van der Waals surface area contributed by atoms with Gasteiger partial charge in [0.05, 0.1) is 11.6 Å². The predicted molar refractivity (Wildman–Crippen MR) is 114 cm³/mol. The van der Waals surface area contributed by atoms with Crippen molar-refractivity contribution >= 4 is 23.3 Å². The van der Waals surface area contributed by atoms with E-state index in [9.17, 15) is 14.4 Å². The Morgan fingerprint density at radius 2 is 1.70 bits per heavy atom. The molecule has 0 bridgehead atoms. The summed E-state index contributed by atoms with van der Waals surface area (Å²) in [7, 11) is 0. The number of benzene rings is 2. The molecule has 4 rings (SSSR count). The van der Waals surface area contributed by atoms with Gasteiger partial charge in [0.25, 0.3) is 5.91 Å². The molecular weight excluding hydrogens is 378 g/mol. The van der Waals surface area contributed by atoms with E-state index in [1.54, 1.807) is 11.0 Å². The molecule has 0 radical (unpaired) electrons. The number of ether oxygens (including phenoxy) is 1. The van der Waals surface area contributed by atoms with Gasteiger partial charge >= 0.3 is 5.97 Å². The normalized spacial score (nSPS) is 20.4. The zero-order chi connectivity index (χ0) is 21.6. The van der Waals surface area contributed by atoms with Crippen LogP contribution < -0.4 is 4.90 Å². The summed E-state index contributed by atoms with van der Waals surface area (Å²) in [5, 5.41) is 0. The molecule has 1 atom stereocenters. The zero-order valence-corrected chi connectivity index (χ0v) is 17.7. The molecule has 30 heavy (non-hydrogen) atoms. The van der Waals surface area contributed by atoms with E-state index in [1.807, 2.05) is 63.2 Å². The highest BCUT2D eigenvalue weighted by molar-refractivity contribution is 6.14. The highest BCUT2D eigenvalue weighted by atomic mass is 16.5. The number of anilines is 1. The van der Waals surface area contributed by atoms with Gasteiger partial charge in [-0.3, -0.25) is 19.3 Å². The van der Waals surface area contributed by atoms with Gasteiger partial charge in [0.2, 0.25) is 0 Å². The number of rotatable bonds is 3. The van der Waals surface area contributed by atoms with Crippen LogP contribution in [-0.4, -0.2) is 17.7 Å². The lowest BCUT2D eigenvalue weighted by atomic mass is 9.74. The predicted octanol–water partition coefficient (Wildman–Crippen LogP) is 4.90. The van der Waals surface area contributed by atoms with Crippen molar-refractivity contribution in [3.8, 4) is 0 Å². The maximum absolute atomic E-state index is 13.4. The van der Waals surface area contributed by atoms with Gasteiger partial charge in [-0.2, -0.15) is 0 Å². The van der Waals surface area contributed by atoms with Crippen LogP contribution in [0.4, 0.5) is 5.69 Å². The Hall–Kier alpha value is -3.21. The van der Waals surface area contributed by atoms with E-state index in [2.05, 4.69) is 0 Å². The summed E-state index contributed by atoms with van der Waals surface area (Å²) in [5.74, 6) is -0.344. The van der Waals surface area contributed by atoms with Crippen LogP contribution in [0, 0.1) is 12.3 Å². The first-order valence-corrected chi connectivity index (χ1v) is 10.1. The lowest BCUT2D eigenvalue weighted by Crippen LogP contribution is -2.36. The molecule has 0 fully saturated rings. The molecule has 0 N–H and O–H groups in total. The van der Waals surface area contributed by atoms with Crippen LogP contribution in [0.15, 0.2) is 59.9 Å². The van der Waals surface area contributed by atoms with E-state index in [4.69, 9.17) is 4.74 Å². The smallest absolute Gasteiger partial charge is 0.307 e. The highest BCUT2D eigenvalue weighted by Gasteiger charge is 2.46. The molecule has 0 saturated heterocycles. The average molecular weight is 403 g/mol. The van der Waals surface area contributed by atoms with Gasteiger partial charge in [-0.1, -0.05) is 49.7 Å². The molecule has 1 amide bonds. The first-order chi connectivity index (χ1) is 14.2. The van der Waals surface area contributed by atoms with Crippen molar-refractivity contribution in [1.82, 2.24) is 0 Å². The zero-order valence-electron chi connectivity index (χ0n) is 17.7. The molecule has 1 unspecified atom stereocenters. The molecule has 154 valence electrons. The van der Waals surface area contributed by atoms with E-state index < -0.39 is 12.0 Å². The van der Waals surface area contributed by atoms with Crippen molar-refractivity contribution < 1.29 is 19.1 Å². The fourth-order valence-corrected chi connectivity index (χ4v) is 4.42. The summed E-state index contributed by atoms with van der Waals surface area (Å²) in [6.45, 7) is 7.28. The number of carbonyl (C=O) groups is 3. The first-order valence-electron chi connectivity index (χ1n) is 10.1. The van der Waals surface area contributed by atoms with Crippen LogP contribution in [0.2, 0.25) is 0 Å². The molecule has 5 heteroatoms. The third-order valence-electron chi connectivity index (χ3n) is 5.69.